The molecule has 0 saturated carbocycles. The van der Waals surface area contributed by atoms with Gasteiger partial charge in [-0.2, -0.15) is 8.42 Å². The van der Waals surface area contributed by atoms with Gasteiger partial charge in [0, 0.05) is 0 Å². The Morgan fingerprint density at radius 3 is 2.41 bits per heavy atom. The summed E-state index contributed by atoms with van der Waals surface area (Å²) in [5.41, 5.74) is 1.02. The van der Waals surface area contributed by atoms with E-state index in [0.717, 1.165) is 5.56 Å². The van der Waals surface area contributed by atoms with Crippen molar-refractivity contribution in [3.05, 3.63) is 42.5 Å². The molecule has 0 N–H and O–H groups in total. The molecule has 0 saturated heterocycles. The van der Waals surface area contributed by atoms with Crippen molar-refractivity contribution in [3.63, 3.8) is 0 Å². The number of hydrogen-bond donors (Lipinski definition) is 0. The lowest BCUT2D eigenvalue weighted by molar-refractivity contribution is 0.208. The highest BCUT2D eigenvalue weighted by Gasteiger charge is 2.19. The average Bonchev–Trinajstić information content (AvgIpc) is 2.28. The Hall–Kier alpha value is -1.13. The predicted molar refractivity (Wildman–Crippen MR) is 68.3 cm³/mol. The van der Waals surface area contributed by atoms with Gasteiger partial charge in [0.15, 0.2) is 0 Å². The highest BCUT2D eigenvalue weighted by Crippen LogP contribution is 2.17. The van der Waals surface area contributed by atoms with Crippen molar-refractivity contribution in [1.82, 2.24) is 0 Å². The zero-order valence-electron chi connectivity index (χ0n) is 10.2. The molecule has 0 fully saturated rings. The van der Waals surface area contributed by atoms with E-state index in [2.05, 4.69) is 6.58 Å². The van der Waals surface area contributed by atoms with E-state index >= 15 is 0 Å². The molecular formula is C13H18O3S. The van der Waals surface area contributed by atoms with Crippen molar-refractivity contribution in [2.45, 2.75) is 37.7 Å². The van der Waals surface area contributed by atoms with Gasteiger partial charge in [-0.15, -0.1) is 6.58 Å². The summed E-state index contributed by atoms with van der Waals surface area (Å²) in [7, 11) is -3.66. The summed E-state index contributed by atoms with van der Waals surface area (Å²) in [6.45, 7) is 7.38. The van der Waals surface area contributed by atoms with E-state index in [1.807, 2.05) is 13.8 Å². The average molecular weight is 254 g/mol. The summed E-state index contributed by atoms with van der Waals surface area (Å²) in [6.07, 6.45) is 2.50. The Labute approximate surface area is 103 Å². The van der Waals surface area contributed by atoms with Crippen LogP contribution in [0.4, 0.5) is 0 Å². The van der Waals surface area contributed by atoms with E-state index in [1.54, 1.807) is 30.3 Å². The molecule has 1 rings (SSSR count). The van der Waals surface area contributed by atoms with Crippen molar-refractivity contribution in [2.24, 2.45) is 0 Å². The predicted octanol–water partition coefficient (Wildman–Crippen LogP) is 3.06. The molecule has 94 valence electrons. The number of aryl methyl sites for hydroxylation is 1. The first-order valence-electron chi connectivity index (χ1n) is 5.60. The largest absolute Gasteiger partial charge is 0.297 e. The first-order chi connectivity index (χ1) is 7.99. The maximum Gasteiger partial charge on any atom is 0.297 e. The topological polar surface area (TPSA) is 43.4 Å². The van der Waals surface area contributed by atoms with Crippen molar-refractivity contribution < 1.29 is 12.6 Å². The van der Waals surface area contributed by atoms with Crippen molar-refractivity contribution in [3.8, 4) is 0 Å². The SMILES string of the molecule is C=CC[C@H](CC)OS(=O)(=O)c1ccc(C)cc1. The summed E-state index contributed by atoms with van der Waals surface area (Å²) in [5.74, 6) is 0. The van der Waals surface area contributed by atoms with E-state index in [9.17, 15) is 8.42 Å². The third-order valence-corrected chi connectivity index (χ3v) is 3.83. The maximum atomic E-state index is 11.9. The summed E-state index contributed by atoms with van der Waals surface area (Å²) in [4.78, 5) is 0.200. The first-order valence-corrected chi connectivity index (χ1v) is 7.01. The highest BCUT2D eigenvalue weighted by atomic mass is 32.2. The van der Waals surface area contributed by atoms with Crippen LogP contribution in [0, 0.1) is 6.92 Å². The first kappa shape index (κ1) is 13.9. The van der Waals surface area contributed by atoms with Crippen LogP contribution in [0.25, 0.3) is 0 Å². The molecule has 1 atom stereocenters. The summed E-state index contributed by atoms with van der Waals surface area (Å²) < 4.78 is 29.0. The van der Waals surface area contributed by atoms with Gasteiger partial charge in [-0.1, -0.05) is 30.7 Å². The van der Waals surface area contributed by atoms with Gasteiger partial charge in [0.25, 0.3) is 10.1 Å². The molecular weight excluding hydrogens is 236 g/mol. The van der Waals surface area contributed by atoms with Gasteiger partial charge in [-0.05, 0) is 31.9 Å². The molecule has 0 aromatic heterocycles. The van der Waals surface area contributed by atoms with Gasteiger partial charge in [0.1, 0.15) is 0 Å². The third kappa shape index (κ3) is 3.98. The zero-order valence-corrected chi connectivity index (χ0v) is 11.0. The number of hydrogen-bond acceptors (Lipinski definition) is 3. The van der Waals surface area contributed by atoms with Gasteiger partial charge in [-0.25, -0.2) is 0 Å². The number of rotatable bonds is 6. The van der Waals surface area contributed by atoms with Gasteiger partial charge in [0.05, 0.1) is 11.0 Å². The van der Waals surface area contributed by atoms with Gasteiger partial charge >= 0.3 is 0 Å². The fraction of sp³-hybridized carbons (Fsp3) is 0.385. The fourth-order valence-electron chi connectivity index (χ4n) is 1.40. The van der Waals surface area contributed by atoms with Crippen LogP contribution < -0.4 is 0 Å². The van der Waals surface area contributed by atoms with Crippen molar-refractivity contribution in [1.29, 1.82) is 0 Å². The van der Waals surface area contributed by atoms with E-state index < -0.39 is 10.1 Å². The summed E-state index contributed by atoms with van der Waals surface area (Å²) >= 11 is 0. The second kappa shape index (κ2) is 5.98. The molecule has 0 unspecified atom stereocenters. The molecule has 0 amide bonds. The highest BCUT2D eigenvalue weighted by molar-refractivity contribution is 7.86. The molecule has 0 aliphatic carbocycles. The van der Waals surface area contributed by atoms with Gasteiger partial charge < -0.3 is 0 Å². The lowest BCUT2D eigenvalue weighted by atomic mass is 10.2. The monoisotopic (exact) mass is 254 g/mol. The molecule has 17 heavy (non-hydrogen) atoms. The standard InChI is InChI=1S/C13H18O3S/c1-4-6-12(5-2)16-17(14,15)13-9-7-11(3)8-10-13/h4,7-10,12H,1,5-6H2,2-3H3/t12-/m0/s1. The van der Waals surface area contributed by atoms with Crippen molar-refractivity contribution in [2.75, 3.05) is 0 Å². The van der Waals surface area contributed by atoms with Crippen LogP contribution in [0.2, 0.25) is 0 Å². The smallest absolute Gasteiger partial charge is 0.263 e. The molecule has 3 nitrogen and oxygen atoms in total. The lowest BCUT2D eigenvalue weighted by Crippen LogP contribution is -2.17. The summed E-state index contributed by atoms with van der Waals surface area (Å²) in [6, 6.07) is 6.63. The molecule has 0 bridgehead atoms. The van der Waals surface area contributed by atoms with Crippen molar-refractivity contribution >= 4 is 10.1 Å². The maximum absolute atomic E-state index is 11.9. The zero-order chi connectivity index (χ0) is 12.9. The molecule has 1 aromatic carbocycles. The Bertz CT molecular complexity index is 460. The normalized spacial score (nSPS) is 13.3. The van der Waals surface area contributed by atoms with E-state index in [-0.39, 0.29) is 11.0 Å². The van der Waals surface area contributed by atoms with Gasteiger partial charge in [0.2, 0.25) is 0 Å². The van der Waals surface area contributed by atoms with Crippen LogP contribution >= 0.6 is 0 Å². The molecule has 0 radical (unpaired) electrons. The lowest BCUT2D eigenvalue weighted by Gasteiger charge is -2.13. The van der Waals surface area contributed by atoms with Crippen LogP contribution in [0.15, 0.2) is 41.8 Å². The molecule has 1 aromatic rings. The Kier molecular flexibility index (Phi) is 4.90. The quantitative estimate of drug-likeness (QED) is 0.579. The van der Waals surface area contributed by atoms with Crippen LogP contribution in [-0.2, 0) is 14.3 Å². The molecule has 0 aliphatic heterocycles. The van der Waals surface area contributed by atoms with Gasteiger partial charge in [-0.3, -0.25) is 4.18 Å². The second-order valence-electron chi connectivity index (χ2n) is 3.92. The van der Waals surface area contributed by atoms with Crippen LogP contribution in [0.1, 0.15) is 25.3 Å². The fourth-order valence-corrected chi connectivity index (χ4v) is 2.55. The minimum atomic E-state index is -3.66. The Balaban J connectivity index is 2.87. The second-order valence-corrected chi connectivity index (χ2v) is 5.49. The Morgan fingerprint density at radius 2 is 1.94 bits per heavy atom. The third-order valence-electron chi connectivity index (χ3n) is 2.46. The van der Waals surface area contributed by atoms with Crippen LogP contribution in [-0.4, -0.2) is 14.5 Å². The van der Waals surface area contributed by atoms with E-state index in [1.165, 1.54) is 0 Å². The minimum Gasteiger partial charge on any atom is -0.263 e. The molecule has 0 aliphatic rings. The Morgan fingerprint density at radius 1 is 1.35 bits per heavy atom. The van der Waals surface area contributed by atoms with E-state index in [4.69, 9.17) is 4.18 Å². The number of benzene rings is 1. The molecule has 0 spiro atoms. The van der Waals surface area contributed by atoms with Crippen LogP contribution in [0.3, 0.4) is 0 Å². The van der Waals surface area contributed by atoms with Crippen LogP contribution in [0.5, 0.6) is 0 Å². The van der Waals surface area contributed by atoms with E-state index in [0.29, 0.717) is 12.8 Å². The minimum absolute atomic E-state index is 0.200. The summed E-state index contributed by atoms with van der Waals surface area (Å²) in [5, 5.41) is 0. The molecule has 0 heterocycles. The molecule has 4 heteroatoms.